The van der Waals surface area contributed by atoms with E-state index in [2.05, 4.69) is 15.9 Å². The van der Waals surface area contributed by atoms with Crippen LogP contribution < -0.4 is 0 Å². The molecule has 0 aromatic heterocycles. The van der Waals surface area contributed by atoms with Crippen molar-refractivity contribution in [2.45, 2.75) is 11.8 Å². The zero-order valence-electron chi connectivity index (χ0n) is 3.31. The van der Waals surface area contributed by atoms with Gasteiger partial charge in [-0.3, -0.25) is 4.79 Å². The standard InChI is InChI=1S/C3H5BrO2.Na.H/c1-2(4)3(5)6;;/h2H,1H3,(H,5,6);;. The molecular formula is C3H6BrNaO2. The number of halogens is 1. The van der Waals surface area contributed by atoms with Crippen LogP contribution in [0.4, 0.5) is 0 Å². The molecule has 1 N–H and O–H groups in total. The Labute approximate surface area is 72.7 Å². The average Bonchev–Trinajstić information content (AvgIpc) is 1.36. The van der Waals surface area contributed by atoms with Crippen LogP contribution in [0.15, 0.2) is 0 Å². The van der Waals surface area contributed by atoms with Crippen molar-refractivity contribution >= 4 is 51.5 Å². The van der Waals surface area contributed by atoms with Crippen molar-refractivity contribution in [3.05, 3.63) is 0 Å². The van der Waals surface area contributed by atoms with Gasteiger partial charge in [0.25, 0.3) is 0 Å². The molecule has 0 saturated carbocycles. The summed E-state index contributed by atoms with van der Waals surface area (Å²) in [5.41, 5.74) is 0. The fraction of sp³-hybridized carbons (Fsp3) is 0.667. The second kappa shape index (κ2) is 5.09. The number of alkyl halides is 1. The molecule has 2 nitrogen and oxygen atoms in total. The Hall–Kier alpha value is 0.950. The van der Waals surface area contributed by atoms with Gasteiger partial charge < -0.3 is 5.11 Å². The predicted molar refractivity (Wildman–Crippen MR) is 33.2 cm³/mol. The van der Waals surface area contributed by atoms with Gasteiger partial charge in [-0.05, 0) is 6.92 Å². The number of carboxylic acids is 1. The van der Waals surface area contributed by atoms with Crippen molar-refractivity contribution in [1.29, 1.82) is 0 Å². The van der Waals surface area contributed by atoms with Crippen molar-refractivity contribution in [2.75, 3.05) is 0 Å². The zero-order chi connectivity index (χ0) is 5.15. The molecule has 0 bridgehead atoms. The Morgan fingerprint density at radius 3 is 2.00 bits per heavy atom. The Balaban J connectivity index is 0. The molecule has 0 fully saturated rings. The maximum absolute atomic E-state index is 9.65. The maximum atomic E-state index is 9.65. The van der Waals surface area contributed by atoms with Gasteiger partial charge in [0.2, 0.25) is 0 Å². The molecule has 0 aromatic carbocycles. The third kappa shape index (κ3) is 6.95. The first-order chi connectivity index (χ1) is 2.64. The van der Waals surface area contributed by atoms with Crippen molar-refractivity contribution in [1.82, 2.24) is 0 Å². The molecule has 0 rings (SSSR count). The van der Waals surface area contributed by atoms with Crippen molar-refractivity contribution in [2.24, 2.45) is 0 Å². The molecular weight excluding hydrogens is 171 g/mol. The van der Waals surface area contributed by atoms with Crippen molar-refractivity contribution in [3.8, 4) is 0 Å². The fourth-order valence-electron chi connectivity index (χ4n) is 0. The molecule has 0 aliphatic carbocycles. The summed E-state index contributed by atoms with van der Waals surface area (Å²) in [6, 6.07) is 0. The number of hydrogen-bond acceptors (Lipinski definition) is 1. The summed E-state index contributed by atoms with van der Waals surface area (Å²) in [5.74, 6) is -0.824. The molecule has 4 heteroatoms. The number of carboxylic acid groups (broad SMARTS) is 1. The first kappa shape index (κ1) is 10.8. The molecule has 7 heavy (non-hydrogen) atoms. The molecule has 0 aromatic rings. The molecule has 0 radical (unpaired) electrons. The number of hydrogen-bond donors (Lipinski definition) is 1. The van der Waals surface area contributed by atoms with Gasteiger partial charge in [-0.15, -0.1) is 0 Å². The third-order valence-electron chi connectivity index (χ3n) is 0.340. The van der Waals surface area contributed by atoms with Crippen LogP contribution in [-0.2, 0) is 4.79 Å². The van der Waals surface area contributed by atoms with Crippen LogP contribution in [0, 0.1) is 0 Å². The Morgan fingerprint density at radius 1 is 1.86 bits per heavy atom. The van der Waals surface area contributed by atoms with E-state index >= 15 is 0 Å². The molecule has 0 spiro atoms. The Bertz CT molecular complexity index is 64.0. The molecule has 0 aliphatic rings. The molecule has 0 heterocycles. The van der Waals surface area contributed by atoms with Crippen molar-refractivity contribution in [3.63, 3.8) is 0 Å². The summed E-state index contributed by atoms with van der Waals surface area (Å²) < 4.78 is 0. The van der Waals surface area contributed by atoms with Crippen LogP contribution in [-0.4, -0.2) is 45.5 Å². The quantitative estimate of drug-likeness (QED) is 0.459. The summed E-state index contributed by atoms with van der Waals surface area (Å²) in [5, 5.41) is 7.94. The second-order valence-electron chi connectivity index (χ2n) is 0.954. The summed E-state index contributed by atoms with van der Waals surface area (Å²) >= 11 is 2.84. The SMILES string of the molecule is CC(Br)C(=O)O.[NaH]. The first-order valence-corrected chi connectivity index (χ1v) is 2.43. The van der Waals surface area contributed by atoms with Crippen molar-refractivity contribution < 1.29 is 9.90 Å². The van der Waals surface area contributed by atoms with E-state index in [1.54, 1.807) is 6.92 Å². The van der Waals surface area contributed by atoms with Gasteiger partial charge in [0.15, 0.2) is 0 Å². The number of carbonyl (C=O) groups is 1. The van der Waals surface area contributed by atoms with E-state index in [0.717, 1.165) is 0 Å². The average molecular weight is 177 g/mol. The van der Waals surface area contributed by atoms with Gasteiger partial charge in [-0.1, -0.05) is 15.9 Å². The summed E-state index contributed by atoms with van der Waals surface area (Å²) in [4.78, 5) is 9.23. The predicted octanol–water partition coefficient (Wildman–Crippen LogP) is 0.206. The molecule has 38 valence electrons. The van der Waals surface area contributed by atoms with Gasteiger partial charge in [-0.2, -0.15) is 0 Å². The topological polar surface area (TPSA) is 37.3 Å². The summed E-state index contributed by atoms with van der Waals surface area (Å²) in [6.07, 6.45) is 0. The van der Waals surface area contributed by atoms with Crippen LogP contribution in [0.5, 0.6) is 0 Å². The van der Waals surface area contributed by atoms with E-state index in [0.29, 0.717) is 0 Å². The van der Waals surface area contributed by atoms with Crippen LogP contribution >= 0.6 is 15.9 Å². The first-order valence-electron chi connectivity index (χ1n) is 1.51. The normalized spacial score (nSPS) is 11.7. The summed E-state index contributed by atoms with van der Waals surface area (Å²) in [6.45, 7) is 1.56. The molecule has 0 aliphatic heterocycles. The summed E-state index contributed by atoms with van der Waals surface area (Å²) in [7, 11) is 0. The Kier molecular flexibility index (Phi) is 7.89. The van der Waals surface area contributed by atoms with Gasteiger partial charge in [0, 0.05) is 0 Å². The second-order valence-corrected chi connectivity index (χ2v) is 2.33. The van der Waals surface area contributed by atoms with E-state index in [-0.39, 0.29) is 29.6 Å². The van der Waals surface area contributed by atoms with E-state index in [1.807, 2.05) is 0 Å². The van der Waals surface area contributed by atoms with E-state index in [1.165, 1.54) is 0 Å². The van der Waals surface area contributed by atoms with Gasteiger partial charge in [-0.25, -0.2) is 0 Å². The third-order valence-corrected chi connectivity index (χ3v) is 0.732. The van der Waals surface area contributed by atoms with Crippen LogP contribution in [0.3, 0.4) is 0 Å². The molecule has 1 unspecified atom stereocenters. The molecule has 0 amide bonds. The van der Waals surface area contributed by atoms with Gasteiger partial charge in [0.1, 0.15) is 4.83 Å². The monoisotopic (exact) mass is 176 g/mol. The van der Waals surface area contributed by atoms with Gasteiger partial charge in [0.05, 0.1) is 0 Å². The minimum absolute atomic E-state index is 0. The van der Waals surface area contributed by atoms with Gasteiger partial charge >= 0.3 is 35.5 Å². The Morgan fingerprint density at radius 2 is 2.00 bits per heavy atom. The van der Waals surface area contributed by atoms with Crippen LogP contribution in [0.1, 0.15) is 6.92 Å². The zero-order valence-corrected chi connectivity index (χ0v) is 4.90. The fourth-order valence-corrected chi connectivity index (χ4v) is 0. The van der Waals surface area contributed by atoms with E-state index in [9.17, 15) is 4.79 Å². The number of rotatable bonds is 1. The molecule has 1 atom stereocenters. The minimum atomic E-state index is -0.824. The van der Waals surface area contributed by atoms with Crippen LogP contribution in [0.25, 0.3) is 0 Å². The van der Waals surface area contributed by atoms with Crippen LogP contribution in [0.2, 0.25) is 0 Å². The molecule has 0 saturated heterocycles. The van der Waals surface area contributed by atoms with E-state index in [4.69, 9.17) is 5.11 Å². The number of aliphatic carboxylic acids is 1. The van der Waals surface area contributed by atoms with E-state index < -0.39 is 10.8 Å².